The zero-order valence-electron chi connectivity index (χ0n) is 14.1. The molecule has 0 bridgehead atoms. The number of amides is 3. The summed E-state index contributed by atoms with van der Waals surface area (Å²) < 4.78 is 5.46. The van der Waals surface area contributed by atoms with E-state index in [9.17, 15) is 9.59 Å². The van der Waals surface area contributed by atoms with Gasteiger partial charge >= 0.3 is 6.03 Å². The lowest BCUT2D eigenvalue weighted by Crippen LogP contribution is -2.44. The van der Waals surface area contributed by atoms with Crippen molar-refractivity contribution in [2.75, 3.05) is 26.2 Å². The van der Waals surface area contributed by atoms with Gasteiger partial charge in [-0.15, -0.1) is 6.58 Å². The van der Waals surface area contributed by atoms with Crippen LogP contribution in [0, 0.1) is 0 Å². The van der Waals surface area contributed by atoms with Gasteiger partial charge in [-0.25, -0.2) is 4.79 Å². The van der Waals surface area contributed by atoms with Gasteiger partial charge in [0.25, 0.3) is 0 Å². The molecule has 1 aliphatic heterocycles. The van der Waals surface area contributed by atoms with Crippen molar-refractivity contribution < 1.29 is 14.3 Å². The summed E-state index contributed by atoms with van der Waals surface area (Å²) in [7, 11) is 0. The van der Waals surface area contributed by atoms with Gasteiger partial charge in [-0.3, -0.25) is 15.0 Å². The second kappa shape index (κ2) is 9.08. The molecule has 6 heteroatoms. The van der Waals surface area contributed by atoms with E-state index in [1.165, 1.54) is 5.56 Å². The Balaban J connectivity index is 1.91. The Bertz CT molecular complexity index is 571. The van der Waals surface area contributed by atoms with Gasteiger partial charge in [0.1, 0.15) is 5.75 Å². The van der Waals surface area contributed by atoms with Crippen LogP contribution in [0.25, 0.3) is 0 Å². The summed E-state index contributed by atoms with van der Waals surface area (Å²) in [6.07, 6.45) is 3.60. The van der Waals surface area contributed by atoms with Crippen LogP contribution in [0.1, 0.15) is 31.4 Å². The number of urea groups is 1. The van der Waals surface area contributed by atoms with E-state index >= 15 is 0 Å². The molecule has 1 aromatic carbocycles. The summed E-state index contributed by atoms with van der Waals surface area (Å²) in [5.74, 6) is 0.553. The van der Waals surface area contributed by atoms with Crippen molar-refractivity contribution in [3.05, 3.63) is 42.5 Å². The highest BCUT2D eigenvalue weighted by Crippen LogP contribution is 2.32. The summed E-state index contributed by atoms with van der Waals surface area (Å²) in [4.78, 5) is 25.6. The monoisotopic (exact) mass is 331 g/mol. The molecular weight excluding hydrogens is 306 g/mol. The molecule has 1 heterocycles. The Morgan fingerprint density at radius 3 is 2.79 bits per heavy atom. The number of imide groups is 1. The molecule has 3 amide bonds. The molecule has 1 fully saturated rings. The Kier molecular flexibility index (Phi) is 6.81. The molecule has 1 atom stereocenters. The average Bonchev–Trinajstić information content (AvgIpc) is 3.02. The van der Waals surface area contributed by atoms with E-state index in [4.69, 9.17) is 4.74 Å². The van der Waals surface area contributed by atoms with Crippen LogP contribution in [0.15, 0.2) is 36.9 Å². The molecule has 24 heavy (non-hydrogen) atoms. The standard InChI is InChI=1S/C18H25N3O3/c1-3-11-19-18(23)20-17(22)13-21-12-5-6-16(21)14-7-9-15(10-8-14)24-4-2/h3,7-10,16H,1,4-6,11-13H2,2H3,(H2,19,20,22,23). The number of nitrogens with one attached hydrogen (secondary N) is 2. The van der Waals surface area contributed by atoms with Crippen LogP contribution in [-0.4, -0.2) is 43.1 Å². The van der Waals surface area contributed by atoms with E-state index in [1.54, 1.807) is 6.08 Å². The third kappa shape index (κ3) is 5.09. The highest BCUT2D eigenvalue weighted by Gasteiger charge is 2.27. The van der Waals surface area contributed by atoms with Crippen molar-refractivity contribution in [3.8, 4) is 5.75 Å². The summed E-state index contributed by atoms with van der Waals surface area (Å²) in [5.41, 5.74) is 1.17. The molecule has 1 aromatic rings. The van der Waals surface area contributed by atoms with Crippen molar-refractivity contribution >= 4 is 11.9 Å². The second-order valence-electron chi connectivity index (χ2n) is 5.68. The molecule has 2 rings (SSSR count). The maximum atomic E-state index is 12.0. The number of carbonyl (C=O) groups is 2. The highest BCUT2D eigenvalue weighted by atomic mass is 16.5. The van der Waals surface area contributed by atoms with Gasteiger partial charge in [-0.2, -0.15) is 0 Å². The third-order valence-electron chi connectivity index (χ3n) is 3.95. The number of hydrogen-bond donors (Lipinski definition) is 2. The summed E-state index contributed by atoms with van der Waals surface area (Å²) in [6, 6.07) is 7.71. The first kappa shape index (κ1) is 18.0. The van der Waals surface area contributed by atoms with Gasteiger partial charge in [0.15, 0.2) is 0 Å². The van der Waals surface area contributed by atoms with Crippen molar-refractivity contribution in [3.63, 3.8) is 0 Å². The second-order valence-corrected chi connectivity index (χ2v) is 5.68. The van der Waals surface area contributed by atoms with Crippen molar-refractivity contribution in [2.45, 2.75) is 25.8 Å². The van der Waals surface area contributed by atoms with Gasteiger partial charge in [-0.1, -0.05) is 18.2 Å². The van der Waals surface area contributed by atoms with Crippen LogP contribution in [0.2, 0.25) is 0 Å². The van der Waals surface area contributed by atoms with Crippen LogP contribution in [0.4, 0.5) is 4.79 Å². The normalized spacial score (nSPS) is 17.3. The molecule has 0 saturated carbocycles. The fraction of sp³-hybridized carbons (Fsp3) is 0.444. The summed E-state index contributed by atoms with van der Waals surface area (Å²) in [5, 5.41) is 4.87. The van der Waals surface area contributed by atoms with E-state index in [1.807, 2.05) is 31.2 Å². The van der Waals surface area contributed by atoms with Crippen molar-refractivity contribution in [1.82, 2.24) is 15.5 Å². The van der Waals surface area contributed by atoms with E-state index in [0.717, 1.165) is 25.1 Å². The molecule has 1 aliphatic rings. The van der Waals surface area contributed by atoms with E-state index in [0.29, 0.717) is 13.2 Å². The number of hydrogen-bond acceptors (Lipinski definition) is 4. The summed E-state index contributed by atoms with van der Waals surface area (Å²) in [6.45, 7) is 7.49. The first-order valence-corrected chi connectivity index (χ1v) is 8.29. The number of benzene rings is 1. The number of nitrogens with zero attached hydrogens (tertiary/aromatic N) is 1. The molecule has 0 aliphatic carbocycles. The molecule has 1 unspecified atom stereocenters. The van der Waals surface area contributed by atoms with E-state index in [-0.39, 0.29) is 18.5 Å². The van der Waals surface area contributed by atoms with Gasteiger partial charge in [0.05, 0.1) is 13.2 Å². The quantitative estimate of drug-likeness (QED) is 0.752. The van der Waals surface area contributed by atoms with E-state index < -0.39 is 6.03 Å². The van der Waals surface area contributed by atoms with Crippen molar-refractivity contribution in [2.24, 2.45) is 0 Å². The number of likely N-dealkylation sites (tertiary alicyclic amines) is 1. The van der Waals surface area contributed by atoms with Crippen LogP contribution < -0.4 is 15.4 Å². The first-order chi connectivity index (χ1) is 11.6. The topological polar surface area (TPSA) is 70.7 Å². The minimum atomic E-state index is -0.489. The van der Waals surface area contributed by atoms with Gasteiger partial charge in [-0.05, 0) is 44.0 Å². The molecule has 0 aromatic heterocycles. The van der Waals surface area contributed by atoms with Gasteiger partial charge in [0.2, 0.25) is 5.91 Å². The minimum absolute atomic E-state index is 0.197. The molecule has 2 N–H and O–H groups in total. The van der Waals surface area contributed by atoms with Gasteiger partial charge in [0, 0.05) is 12.6 Å². The lowest BCUT2D eigenvalue weighted by Gasteiger charge is -2.24. The third-order valence-corrected chi connectivity index (χ3v) is 3.95. The maximum absolute atomic E-state index is 12.0. The molecule has 6 nitrogen and oxygen atoms in total. The predicted molar refractivity (Wildman–Crippen MR) is 92.9 cm³/mol. The first-order valence-electron chi connectivity index (χ1n) is 8.29. The average molecular weight is 331 g/mol. The molecule has 1 saturated heterocycles. The lowest BCUT2D eigenvalue weighted by molar-refractivity contribution is -0.121. The van der Waals surface area contributed by atoms with Gasteiger partial charge < -0.3 is 10.1 Å². The Morgan fingerprint density at radius 1 is 1.38 bits per heavy atom. The largest absolute Gasteiger partial charge is 0.494 e. The minimum Gasteiger partial charge on any atom is -0.494 e. The Morgan fingerprint density at radius 2 is 2.12 bits per heavy atom. The van der Waals surface area contributed by atoms with Crippen LogP contribution in [0.5, 0.6) is 5.75 Å². The molecule has 0 radical (unpaired) electrons. The molecular formula is C18H25N3O3. The smallest absolute Gasteiger partial charge is 0.321 e. The number of rotatable bonds is 7. The fourth-order valence-corrected chi connectivity index (χ4v) is 2.91. The number of carbonyl (C=O) groups excluding carboxylic acids is 2. The fourth-order valence-electron chi connectivity index (χ4n) is 2.91. The Labute approximate surface area is 142 Å². The zero-order valence-corrected chi connectivity index (χ0v) is 14.1. The van der Waals surface area contributed by atoms with Crippen LogP contribution in [0.3, 0.4) is 0 Å². The van der Waals surface area contributed by atoms with Crippen molar-refractivity contribution in [1.29, 1.82) is 0 Å². The number of ether oxygens (including phenoxy) is 1. The summed E-state index contributed by atoms with van der Waals surface area (Å²) >= 11 is 0. The maximum Gasteiger partial charge on any atom is 0.321 e. The van der Waals surface area contributed by atoms with E-state index in [2.05, 4.69) is 22.1 Å². The highest BCUT2D eigenvalue weighted by molar-refractivity contribution is 5.95. The van der Waals surface area contributed by atoms with Crippen LogP contribution in [-0.2, 0) is 4.79 Å². The Hall–Kier alpha value is -2.34. The van der Waals surface area contributed by atoms with Crippen LogP contribution >= 0.6 is 0 Å². The zero-order chi connectivity index (χ0) is 17.4. The molecule has 0 spiro atoms. The lowest BCUT2D eigenvalue weighted by atomic mass is 10.0. The predicted octanol–water partition coefficient (Wildman–Crippen LogP) is 2.23. The SMILES string of the molecule is C=CCNC(=O)NC(=O)CN1CCCC1c1ccc(OCC)cc1. The molecule has 130 valence electrons.